The number of aliphatic hydroxyl groups excluding tert-OH is 1. The molecular weight excluding hydrogens is 767 g/mol. The molecule has 1 N–H and O–H groups in total. The minimum atomic E-state index is 0.00173. The number of hydrogen-bond acceptors (Lipinski definition) is 4. The van der Waals surface area contributed by atoms with E-state index in [0.29, 0.717) is 0 Å². The van der Waals surface area contributed by atoms with Gasteiger partial charge in [-0.05, 0) is 153 Å². The zero-order chi connectivity index (χ0) is 43.3. The minimum Gasteiger partial charge on any atom is -0.392 e. The number of benzene rings is 9. The smallest absolute Gasteiger partial charge is 0.0682 e. The van der Waals surface area contributed by atoms with Crippen molar-refractivity contribution < 1.29 is 5.11 Å². The Kier molecular flexibility index (Phi) is 11.7. The summed E-state index contributed by atoms with van der Waals surface area (Å²) in [6.07, 6.45) is 0. The molecule has 0 heterocycles. The van der Waals surface area contributed by atoms with Crippen LogP contribution < -0.4 is 14.7 Å². The highest BCUT2D eigenvalue weighted by atomic mass is 16.3. The number of aliphatic hydroxyl groups is 1. The normalized spacial score (nSPS) is 11.0. The maximum atomic E-state index is 9.92. The molecule has 63 heavy (non-hydrogen) atoms. The van der Waals surface area contributed by atoms with Crippen molar-refractivity contribution in [1.82, 2.24) is 0 Å². The molecule has 0 aliphatic rings. The van der Waals surface area contributed by atoms with Crippen LogP contribution in [0.2, 0.25) is 0 Å². The zero-order valence-corrected chi connectivity index (χ0v) is 36.3. The Balaban J connectivity index is 1.30. The Morgan fingerprint density at radius 1 is 0.270 bits per heavy atom. The van der Waals surface area contributed by atoms with E-state index < -0.39 is 0 Å². The molecule has 0 saturated carbocycles. The molecular formula is C59H51N3O. The van der Waals surface area contributed by atoms with Crippen LogP contribution in [-0.2, 0) is 6.61 Å². The van der Waals surface area contributed by atoms with Crippen LogP contribution in [0.25, 0.3) is 22.3 Å². The van der Waals surface area contributed by atoms with E-state index in [-0.39, 0.29) is 6.61 Å². The van der Waals surface area contributed by atoms with E-state index in [9.17, 15) is 5.11 Å². The summed E-state index contributed by atoms with van der Waals surface area (Å²) in [5.41, 5.74) is 19.5. The Bertz CT molecular complexity index is 2720. The summed E-state index contributed by atoms with van der Waals surface area (Å²) >= 11 is 0. The molecule has 0 unspecified atom stereocenters. The van der Waals surface area contributed by atoms with Crippen LogP contribution in [0.5, 0.6) is 0 Å². The summed E-state index contributed by atoms with van der Waals surface area (Å²) in [4.78, 5) is 7.09. The highest BCUT2D eigenvalue weighted by molar-refractivity contribution is 5.90. The fourth-order valence-electron chi connectivity index (χ4n) is 8.17. The number of anilines is 9. The van der Waals surface area contributed by atoms with E-state index in [1.54, 1.807) is 0 Å². The van der Waals surface area contributed by atoms with Gasteiger partial charge >= 0.3 is 0 Å². The van der Waals surface area contributed by atoms with Gasteiger partial charge in [0.05, 0.1) is 23.7 Å². The molecule has 0 aromatic heterocycles. The molecule has 0 bridgehead atoms. The molecule has 4 nitrogen and oxygen atoms in total. The molecule has 0 fully saturated rings. The van der Waals surface area contributed by atoms with Gasteiger partial charge in [-0.1, -0.05) is 144 Å². The lowest BCUT2D eigenvalue weighted by Gasteiger charge is -2.33. The summed E-state index contributed by atoms with van der Waals surface area (Å²) in [5, 5.41) is 9.92. The molecule has 9 aromatic rings. The van der Waals surface area contributed by atoms with Gasteiger partial charge < -0.3 is 19.8 Å². The van der Waals surface area contributed by atoms with Crippen LogP contribution in [0.4, 0.5) is 51.2 Å². The molecule has 4 heteroatoms. The van der Waals surface area contributed by atoms with Gasteiger partial charge in [-0.25, -0.2) is 0 Å². The van der Waals surface area contributed by atoms with E-state index in [0.717, 1.165) is 73.4 Å². The SMILES string of the molecule is Cc1ccc(N(c2ccc(C)cc2)c2cc(N(c3ccc(C)cc3)c3ccc(C)cc3)cc(N(c3ccc(-c4ccccc4)cc3)c3ccc(-c4cccc(CO)c4)cc3)c2)cc1. The lowest BCUT2D eigenvalue weighted by atomic mass is 10.0. The highest BCUT2D eigenvalue weighted by Crippen LogP contribution is 2.46. The topological polar surface area (TPSA) is 30.0 Å². The molecule has 9 aromatic carbocycles. The third-order valence-electron chi connectivity index (χ3n) is 11.6. The lowest BCUT2D eigenvalue weighted by molar-refractivity contribution is 0.282. The maximum Gasteiger partial charge on any atom is 0.0682 e. The molecule has 0 radical (unpaired) electrons. The van der Waals surface area contributed by atoms with E-state index in [4.69, 9.17) is 0 Å². The van der Waals surface area contributed by atoms with Gasteiger partial charge in [0.15, 0.2) is 0 Å². The standard InChI is InChI=1S/C59H51N3O/c1-42-13-25-51(26-14-42)60(52-27-15-43(2)16-28-52)57-38-58(61(53-29-17-44(3)18-30-53)54-31-19-45(4)20-32-54)40-59(39-57)62(55-33-21-48(22-34-55)47-10-6-5-7-11-47)56-35-23-49(24-36-56)50-12-8-9-46(37-50)41-63/h5-40,63H,41H2,1-4H3. The first-order chi connectivity index (χ1) is 30.8. The number of nitrogens with zero attached hydrogens (tertiary/aromatic N) is 3. The van der Waals surface area contributed by atoms with Crippen molar-refractivity contribution in [2.24, 2.45) is 0 Å². The Labute approximate surface area is 372 Å². The molecule has 0 aliphatic carbocycles. The Morgan fingerprint density at radius 2 is 0.556 bits per heavy atom. The second-order valence-corrected chi connectivity index (χ2v) is 16.4. The van der Waals surface area contributed by atoms with Crippen LogP contribution in [0.1, 0.15) is 27.8 Å². The van der Waals surface area contributed by atoms with E-state index in [1.165, 1.54) is 27.8 Å². The molecule has 0 saturated heterocycles. The lowest BCUT2D eigenvalue weighted by Crippen LogP contribution is -2.16. The number of aryl methyl sites for hydroxylation is 4. The van der Waals surface area contributed by atoms with Gasteiger partial charge in [0, 0.05) is 34.1 Å². The monoisotopic (exact) mass is 817 g/mol. The molecule has 0 amide bonds. The predicted octanol–water partition coefficient (Wildman–Crippen LogP) is 16.2. The van der Waals surface area contributed by atoms with E-state index in [2.05, 4.69) is 249 Å². The van der Waals surface area contributed by atoms with Gasteiger partial charge in [-0.3, -0.25) is 0 Å². The number of rotatable bonds is 12. The average molecular weight is 818 g/mol. The molecule has 0 aliphatic heterocycles. The van der Waals surface area contributed by atoms with Gasteiger partial charge in [-0.2, -0.15) is 0 Å². The fourth-order valence-corrected chi connectivity index (χ4v) is 8.17. The van der Waals surface area contributed by atoms with Gasteiger partial charge in [0.25, 0.3) is 0 Å². The summed E-state index contributed by atoms with van der Waals surface area (Å²) in [6.45, 7) is 8.54. The summed E-state index contributed by atoms with van der Waals surface area (Å²) in [7, 11) is 0. The highest BCUT2D eigenvalue weighted by Gasteiger charge is 2.23. The molecule has 308 valence electrons. The molecule has 0 atom stereocenters. The third kappa shape index (κ3) is 9.04. The van der Waals surface area contributed by atoms with Crippen molar-refractivity contribution in [3.63, 3.8) is 0 Å². The molecule has 0 spiro atoms. The van der Waals surface area contributed by atoms with E-state index in [1.807, 2.05) is 12.1 Å². The minimum absolute atomic E-state index is 0.00173. The van der Waals surface area contributed by atoms with Crippen LogP contribution >= 0.6 is 0 Å². The largest absolute Gasteiger partial charge is 0.392 e. The van der Waals surface area contributed by atoms with Crippen LogP contribution in [0.3, 0.4) is 0 Å². The number of hydrogen-bond donors (Lipinski definition) is 1. The van der Waals surface area contributed by atoms with Crippen molar-refractivity contribution in [3.05, 3.63) is 246 Å². The van der Waals surface area contributed by atoms with Gasteiger partial charge in [0.1, 0.15) is 0 Å². The van der Waals surface area contributed by atoms with Crippen LogP contribution in [0, 0.1) is 27.7 Å². The first-order valence-electron chi connectivity index (χ1n) is 21.6. The van der Waals surface area contributed by atoms with Gasteiger partial charge in [-0.15, -0.1) is 0 Å². The maximum absolute atomic E-state index is 9.92. The predicted molar refractivity (Wildman–Crippen MR) is 266 cm³/mol. The summed E-state index contributed by atoms with van der Waals surface area (Å²) < 4.78 is 0. The van der Waals surface area contributed by atoms with Crippen molar-refractivity contribution in [1.29, 1.82) is 0 Å². The van der Waals surface area contributed by atoms with Crippen molar-refractivity contribution >= 4 is 51.2 Å². The average Bonchev–Trinajstić information content (AvgIpc) is 3.32. The van der Waals surface area contributed by atoms with E-state index >= 15 is 0 Å². The molecule has 9 rings (SSSR count). The quantitative estimate of drug-likeness (QED) is 0.133. The van der Waals surface area contributed by atoms with Crippen molar-refractivity contribution in [2.75, 3.05) is 14.7 Å². The first-order valence-corrected chi connectivity index (χ1v) is 21.6. The second-order valence-electron chi connectivity index (χ2n) is 16.4. The third-order valence-corrected chi connectivity index (χ3v) is 11.6. The Morgan fingerprint density at radius 3 is 0.889 bits per heavy atom. The van der Waals surface area contributed by atoms with Gasteiger partial charge in [0.2, 0.25) is 0 Å². The van der Waals surface area contributed by atoms with Crippen molar-refractivity contribution in [2.45, 2.75) is 34.3 Å². The Hall–Kier alpha value is -7.66. The first kappa shape index (κ1) is 40.7. The van der Waals surface area contributed by atoms with Crippen LogP contribution in [-0.4, -0.2) is 5.11 Å². The summed E-state index contributed by atoms with van der Waals surface area (Å²) in [6, 6.07) is 78.4. The zero-order valence-electron chi connectivity index (χ0n) is 36.3. The second kappa shape index (κ2) is 18.1. The van der Waals surface area contributed by atoms with Crippen LogP contribution in [0.15, 0.2) is 218 Å². The summed E-state index contributed by atoms with van der Waals surface area (Å²) in [5.74, 6) is 0. The van der Waals surface area contributed by atoms with Crippen molar-refractivity contribution in [3.8, 4) is 22.3 Å². The fraction of sp³-hybridized carbons (Fsp3) is 0.0847.